The van der Waals surface area contributed by atoms with Gasteiger partial charge in [-0.1, -0.05) is 17.7 Å². The molecule has 2 amide bonds. The quantitative estimate of drug-likeness (QED) is 0.604. The van der Waals surface area contributed by atoms with Gasteiger partial charge in [0.2, 0.25) is 5.91 Å². The highest BCUT2D eigenvalue weighted by molar-refractivity contribution is 7.91. The van der Waals surface area contributed by atoms with Crippen molar-refractivity contribution in [3.05, 3.63) is 46.6 Å². The first kappa shape index (κ1) is 21.7. The number of halogens is 1. The van der Waals surface area contributed by atoms with E-state index in [4.69, 9.17) is 17.3 Å². The van der Waals surface area contributed by atoms with Gasteiger partial charge < -0.3 is 16.0 Å². The molecule has 1 saturated heterocycles. The number of rotatable bonds is 6. The van der Waals surface area contributed by atoms with Crippen LogP contribution >= 0.6 is 22.9 Å². The lowest BCUT2D eigenvalue weighted by Crippen LogP contribution is -2.61. The van der Waals surface area contributed by atoms with Crippen molar-refractivity contribution in [2.24, 2.45) is 5.73 Å². The fraction of sp³-hybridized carbons (Fsp3) is 0.353. The average Bonchev–Trinajstić information content (AvgIpc) is 3.27. The Balaban J connectivity index is 1.89. The fourth-order valence-electron chi connectivity index (χ4n) is 2.99. The maximum atomic E-state index is 13.0. The first-order valence-corrected chi connectivity index (χ1v) is 11.5. The van der Waals surface area contributed by atoms with Crippen molar-refractivity contribution in [1.29, 1.82) is 0 Å². The molecule has 3 N–H and O–H groups in total. The number of piperazine rings is 1. The van der Waals surface area contributed by atoms with E-state index in [2.05, 4.69) is 10.3 Å². The van der Waals surface area contributed by atoms with E-state index in [1.165, 1.54) is 27.5 Å². The van der Waals surface area contributed by atoms with Crippen LogP contribution in [0.3, 0.4) is 0 Å². The number of nitrogens with one attached hydrogen (secondary N) is 1. The average molecular weight is 458 g/mol. The molecule has 0 bridgehead atoms. The summed E-state index contributed by atoms with van der Waals surface area (Å²) < 4.78 is 27.2. The smallest absolute Gasteiger partial charge is 0.257 e. The minimum Gasteiger partial charge on any atom is -0.353 e. The maximum Gasteiger partial charge on any atom is 0.257 e. The Morgan fingerprint density at radius 1 is 1.31 bits per heavy atom. The third-order valence-corrected chi connectivity index (χ3v) is 7.97. The number of carbonyl (C=O) groups is 2. The van der Waals surface area contributed by atoms with E-state index in [0.29, 0.717) is 0 Å². The Kier molecular flexibility index (Phi) is 6.85. The van der Waals surface area contributed by atoms with Gasteiger partial charge in [-0.05, 0) is 23.6 Å². The van der Waals surface area contributed by atoms with Gasteiger partial charge in [0, 0.05) is 38.9 Å². The standard InChI is InChI=1S/C17H20ClN5O4S2/c18-15-12(3-1-6-20-15)17(25)23-9-8-22(11-13(23)16(24)21-7-5-19)29(26,27)14-4-2-10-28-14/h1-4,6,10,13H,5,7-9,11,19H2,(H,21,24). The molecule has 1 aliphatic rings. The molecule has 1 aliphatic heterocycles. The van der Waals surface area contributed by atoms with Gasteiger partial charge in [-0.15, -0.1) is 11.3 Å². The molecule has 3 rings (SSSR count). The van der Waals surface area contributed by atoms with Gasteiger partial charge in [0.05, 0.1) is 5.56 Å². The molecule has 2 aromatic rings. The van der Waals surface area contributed by atoms with Crippen molar-refractivity contribution in [2.45, 2.75) is 10.3 Å². The molecule has 29 heavy (non-hydrogen) atoms. The Labute approximate surface area is 177 Å². The number of thiophene rings is 1. The van der Waals surface area contributed by atoms with E-state index in [1.807, 2.05) is 0 Å². The predicted molar refractivity (Wildman–Crippen MR) is 109 cm³/mol. The summed E-state index contributed by atoms with van der Waals surface area (Å²) in [7, 11) is -3.76. The highest BCUT2D eigenvalue weighted by atomic mass is 35.5. The molecule has 1 atom stereocenters. The molecule has 2 aromatic heterocycles. The second kappa shape index (κ2) is 9.18. The molecular weight excluding hydrogens is 438 g/mol. The van der Waals surface area contributed by atoms with E-state index >= 15 is 0 Å². The van der Waals surface area contributed by atoms with Gasteiger partial charge in [0.1, 0.15) is 15.4 Å². The summed E-state index contributed by atoms with van der Waals surface area (Å²) in [6.45, 7) is 0.362. The van der Waals surface area contributed by atoms with Crippen molar-refractivity contribution in [2.75, 3.05) is 32.7 Å². The first-order chi connectivity index (χ1) is 13.9. The van der Waals surface area contributed by atoms with Gasteiger partial charge in [-0.3, -0.25) is 9.59 Å². The minimum atomic E-state index is -3.76. The molecule has 0 spiro atoms. The number of amides is 2. The minimum absolute atomic E-state index is 0.0206. The fourth-order valence-corrected chi connectivity index (χ4v) is 5.78. The Morgan fingerprint density at radius 2 is 2.10 bits per heavy atom. The number of hydrogen-bond donors (Lipinski definition) is 2. The molecule has 1 fully saturated rings. The number of nitrogens with two attached hydrogens (primary N) is 1. The van der Waals surface area contributed by atoms with Crippen molar-refractivity contribution in [3.63, 3.8) is 0 Å². The number of hydrogen-bond acceptors (Lipinski definition) is 7. The van der Waals surface area contributed by atoms with Crippen LogP contribution in [-0.4, -0.2) is 73.2 Å². The molecule has 1 unspecified atom stereocenters. The first-order valence-electron chi connectivity index (χ1n) is 8.79. The third kappa shape index (κ3) is 4.59. The van der Waals surface area contributed by atoms with E-state index in [0.717, 1.165) is 11.3 Å². The Hall–Kier alpha value is -2.05. The Bertz CT molecular complexity index is 983. The van der Waals surface area contributed by atoms with E-state index in [1.54, 1.807) is 17.5 Å². The normalized spacial score (nSPS) is 17.9. The van der Waals surface area contributed by atoms with Crippen LogP contribution in [0.1, 0.15) is 10.4 Å². The maximum absolute atomic E-state index is 13.0. The summed E-state index contributed by atoms with van der Waals surface area (Å²) in [5.74, 6) is -0.959. The van der Waals surface area contributed by atoms with Crippen LogP contribution in [0.4, 0.5) is 0 Å². The monoisotopic (exact) mass is 457 g/mol. The van der Waals surface area contributed by atoms with Crippen molar-refractivity contribution in [3.8, 4) is 0 Å². The summed E-state index contributed by atoms with van der Waals surface area (Å²) >= 11 is 7.14. The zero-order valence-electron chi connectivity index (χ0n) is 15.3. The molecule has 12 heteroatoms. The van der Waals surface area contributed by atoms with Crippen LogP contribution in [0.5, 0.6) is 0 Å². The largest absolute Gasteiger partial charge is 0.353 e. The number of sulfonamides is 1. The van der Waals surface area contributed by atoms with Gasteiger partial charge >= 0.3 is 0 Å². The summed E-state index contributed by atoms with van der Waals surface area (Å²) in [6, 6.07) is 5.22. The second-order valence-corrected chi connectivity index (χ2v) is 9.70. The number of aromatic nitrogens is 1. The zero-order chi connectivity index (χ0) is 21.0. The van der Waals surface area contributed by atoms with E-state index in [-0.39, 0.29) is 47.6 Å². The zero-order valence-corrected chi connectivity index (χ0v) is 17.7. The van der Waals surface area contributed by atoms with Crippen LogP contribution in [0.15, 0.2) is 40.1 Å². The number of pyridine rings is 1. The van der Waals surface area contributed by atoms with Crippen molar-refractivity contribution >= 4 is 44.8 Å². The van der Waals surface area contributed by atoms with Gasteiger partial charge in [-0.2, -0.15) is 4.31 Å². The predicted octanol–water partition coefficient (Wildman–Crippen LogP) is 0.387. The van der Waals surface area contributed by atoms with E-state index in [9.17, 15) is 18.0 Å². The highest BCUT2D eigenvalue weighted by Crippen LogP contribution is 2.25. The van der Waals surface area contributed by atoms with Crippen LogP contribution in [0.2, 0.25) is 5.15 Å². The van der Waals surface area contributed by atoms with Crippen LogP contribution < -0.4 is 11.1 Å². The lowest BCUT2D eigenvalue weighted by molar-refractivity contribution is -0.126. The second-order valence-electron chi connectivity index (χ2n) is 6.23. The summed E-state index contributed by atoms with van der Waals surface area (Å²) in [5.41, 5.74) is 5.60. The van der Waals surface area contributed by atoms with Crippen molar-refractivity contribution < 1.29 is 18.0 Å². The molecule has 0 saturated carbocycles. The van der Waals surface area contributed by atoms with Gasteiger partial charge in [0.25, 0.3) is 15.9 Å². The number of carbonyl (C=O) groups excluding carboxylic acids is 2. The topological polar surface area (TPSA) is 126 Å². The highest BCUT2D eigenvalue weighted by Gasteiger charge is 2.40. The van der Waals surface area contributed by atoms with Crippen LogP contribution in [0.25, 0.3) is 0 Å². The molecule has 9 nitrogen and oxygen atoms in total. The molecular formula is C17H20ClN5O4S2. The van der Waals surface area contributed by atoms with E-state index < -0.39 is 27.9 Å². The third-order valence-electron chi connectivity index (χ3n) is 4.43. The summed E-state index contributed by atoms with van der Waals surface area (Å²) in [6.07, 6.45) is 1.45. The Morgan fingerprint density at radius 3 is 2.76 bits per heavy atom. The van der Waals surface area contributed by atoms with Crippen LogP contribution in [0, 0.1) is 0 Å². The lowest BCUT2D eigenvalue weighted by Gasteiger charge is -2.39. The molecule has 3 heterocycles. The lowest BCUT2D eigenvalue weighted by atomic mass is 10.1. The van der Waals surface area contributed by atoms with Crippen LogP contribution in [-0.2, 0) is 14.8 Å². The molecule has 0 aromatic carbocycles. The SMILES string of the molecule is NCCNC(=O)C1CN(S(=O)(=O)c2cccs2)CCN1C(=O)c1cccnc1Cl. The van der Waals surface area contributed by atoms with Gasteiger partial charge in [0.15, 0.2) is 0 Å². The molecule has 0 radical (unpaired) electrons. The molecule has 156 valence electrons. The molecule has 0 aliphatic carbocycles. The number of nitrogens with zero attached hydrogens (tertiary/aromatic N) is 3. The van der Waals surface area contributed by atoms with Gasteiger partial charge in [-0.25, -0.2) is 13.4 Å². The summed E-state index contributed by atoms with van der Waals surface area (Å²) in [4.78, 5) is 31.0. The summed E-state index contributed by atoms with van der Waals surface area (Å²) in [5, 5.41) is 4.32. The van der Waals surface area contributed by atoms with Crippen molar-refractivity contribution in [1.82, 2.24) is 19.5 Å².